The summed E-state index contributed by atoms with van der Waals surface area (Å²) in [6, 6.07) is 7.19. The number of hydrogen-bond donors (Lipinski definition) is 1. The quantitative estimate of drug-likeness (QED) is 0.812. The molecule has 1 N–H and O–H groups in total. The normalized spacial score (nSPS) is 12.3. The number of hydrogen-bond acceptors (Lipinski definition) is 2. The molecule has 1 rings (SSSR count). The van der Waals surface area contributed by atoms with Gasteiger partial charge in [0.1, 0.15) is 0 Å². The highest BCUT2D eigenvalue weighted by Gasteiger charge is 2.18. The number of rotatable bonds is 6. The predicted octanol–water partition coefficient (Wildman–Crippen LogP) is 3.05. The molecule has 0 saturated heterocycles. The van der Waals surface area contributed by atoms with Crippen LogP contribution in [0.3, 0.4) is 0 Å². The molecule has 1 unspecified atom stereocenters. The molecule has 1 aromatic rings. The Labute approximate surface area is 119 Å². The summed E-state index contributed by atoms with van der Waals surface area (Å²) in [5, 5.41) is 8.62. The van der Waals surface area contributed by atoms with E-state index in [4.69, 9.17) is 5.11 Å². The van der Waals surface area contributed by atoms with Gasteiger partial charge in [-0.05, 0) is 44.0 Å². The molecule has 0 aliphatic heterocycles. The molecule has 0 bridgehead atoms. The number of carbonyl (C=O) groups excluding carboxylic acids is 1. The van der Waals surface area contributed by atoms with Gasteiger partial charge < -0.3 is 10.0 Å². The molecular weight excluding hydrogens is 254 g/mol. The molecule has 0 aliphatic rings. The SMILES string of the molecule is CCC(C)N(CC)C(=O)c1cccc(C=CC(=O)O)c1. The number of benzene rings is 1. The van der Waals surface area contributed by atoms with E-state index in [9.17, 15) is 9.59 Å². The lowest BCUT2D eigenvalue weighted by atomic mass is 10.1. The van der Waals surface area contributed by atoms with Crippen LogP contribution in [0.2, 0.25) is 0 Å². The minimum atomic E-state index is -1.00. The molecule has 108 valence electrons. The lowest BCUT2D eigenvalue weighted by Gasteiger charge is -2.27. The van der Waals surface area contributed by atoms with Crippen LogP contribution in [0.15, 0.2) is 30.3 Å². The molecule has 4 heteroatoms. The zero-order chi connectivity index (χ0) is 15.1. The lowest BCUT2D eigenvalue weighted by Crippen LogP contribution is -2.38. The van der Waals surface area contributed by atoms with Gasteiger partial charge in [-0.1, -0.05) is 19.1 Å². The van der Waals surface area contributed by atoms with Gasteiger partial charge in [-0.15, -0.1) is 0 Å². The Morgan fingerprint density at radius 1 is 1.35 bits per heavy atom. The average Bonchev–Trinajstić information content (AvgIpc) is 2.45. The number of carboxylic acid groups (broad SMARTS) is 1. The fraction of sp³-hybridized carbons (Fsp3) is 0.375. The average molecular weight is 275 g/mol. The van der Waals surface area contributed by atoms with Crippen LogP contribution in [-0.4, -0.2) is 34.5 Å². The zero-order valence-electron chi connectivity index (χ0n) is 12.2. The first-order valence-electron chi connectivity index (χ1n) is 6.81. The van der Waals surface area contributed by atoms with E-state index < -0.39 is 5.97 Å². The van der Waals surface area contributed by atoms with Crippen molar-refractivity contribution < 1.29 is 14.7 Å². The van der Waals surface area contributed by atoms with Gasteiger partial charge in [-0.25, -0.2) is 4.79 Å². The fourth-order valence-corrected chi connectivity index (χ4v) is 1.98. The minimum absolute atomic E-state index is 0.0209. The van der Waals surface area contributed by atoms with Crippen molar-refractivity contribution in [2.75, 3.05) is 6.54 Å². The summed E-state index contributed by atoms with van der Waals surface area (Å²) in [4.78, 5) is 24.8. The summed E-state index contributed by atoms with van der Waals surface area (Å²) in [7, 11) is 0. The number of carboxylic acids is 1. The van der Waals surface area contributed by atoms with Gasteiger partial charge in [0, 0.05) is 24.2 Å². The first kappa shape index (κ1) is 16.0. The third-order valence-electron chi connectivity index (χ3n) is 3.28. The smallest absolute Gasteiger partial charge is 0.328 e. The summed E-state index contributed by atoms with van der Waals surface area (Å²) in [6.45, 7) is 6.68. The molecule has 0 heterocycles. The van der Waals surface area contributed by atoms with E-state index in [1.165, 1.54) is 6.08 Å². The fourth-order valence-electron chi connectivity index (χ4n) is 1.98. The van der Waals surface area contributed by atoms with Crippen LogP contribution >= 0.6 is 0 Å². The Morgan fingerprint density at radius 3 is 2.60 bits per heavy atom. The molecule has 4 nitrogen and oxygen atoms in total. The highest BCUT2D eigenvalue weighted by Crippen LogP contribution is 2.13. The third-order valence-corrected chi connectivity index (χ3v) is 3.28. The van der Waals surface area contributed by atoms with E-state index in [1.807, 2.05) is 25.7 Å². The molecule has 1 amide bonds. The first-order valence-corrected chi connectivity index (χ1v) is 6.81. The van der Waals surface area contributed by atoms with Crippen molar-refractivity contribution in [1.82, 2.24) is 4.90 Å². The lowest BCUT2D eigenvalue weighted by molar-refractivity contribution is -0.131. The van der Waals surface area contributed by atoms with Crippen molar-refractivity contribution >= 4 is 18.0 Å². The maximum Gasteiger partial charge on any atom is 0.328 e. The topological polar surface area (TPSA) is 57.6 Å². The van der Waals surface area contributed by atoms with Gasteiger partial charge in [-0.2, -0.15) is 0 Å². The Hall–Kier alpha value is -2.10. The number of nitrogens with zero attached hydrogens (tertiary/aromatic N) is 1. The Balaban J connectivity index is 2.98. The molecule has 0 fully saturated rings. The Kier molecular flexibility index (Phi) is 5.97. The minimum Gasteiger partial charge on any atom is -0.478 e. The van der Waals surface area contributed by atoms with E-state index in [0.29, 0.717) is 17.7 Å². The third kappa shape index (κ3) is 4.23. The van der Waals surface area contributed by atoms with Gasteiger partial charge in [-0.3, -0.25) is 4.79 Å². The van der Waals surface area contributed by atoms with Gasteiger partial charge in [0.05, 0.1) is 0 Å². The van der Waals surface area contributed by atoms with Crippen molar-refractivity contribution in [1.29, 1.82) is 0 Å². The Morgan fingerprint density at radius 2 is 2.05 bits per heavy atom. The molecule has 1 atom stereocenters. The summed E-state index contributed by atoms with van der Waals surface area (Å²) >= 11 is 0. The standard InChI is InChI=1S/C16H21NO3/c1-4-12(3)17(5-2)16(20)14-8-6-7-13(11-14)9-10-15(18)19/h6-12H,4-5H2,1-3H3,(H,18,19). The molecule has 0 aliphatic carbocycles. The van der Waals surface area contributed by atoms with Gasteiger partial charge in [0.25, 0.3) is 5.91 Å². The predicted molar refractivity (Wildman–Crippen MR) is 79.6 cm³/mol. The second-order valence-electron chi connectivity index (χ2n) is 4.65. The van der Waals surface area contributed by atoms with E-state index in [-0.39, 0.29) is 11.9 Å². The van der Waals surface area contributed by atoms with E-state index >= 15 is 0 Å². The maximum absolute atomic E-state index is 12.5. The summed E-state index contributed by atoms with van der Waals surface area (Å²) in [5.41, 5.74) is 1.29. The van der Waals surface area contributed by atoms with Crippen LogP contribution in [0.5, 0.6) is 0 Å². The van der Waals surface area contributed by atoms with Gasteiger partial charge in [0.15, 0.2) is 0 Å². The second-order valence-corrected chi connectivity index (χ2v) is 4.65. The number of aliphatic carboxylic acids is 1. The van der Waals surface area contributed by atoms with Gasteiger partial charge in [0.2, 0.25) is 0 Å². The van der Waals surface area contributed by atoms with Crippen molar-refractivity contribution in [2.24, 2.45) is 0 Å². The van der Waals surface area contributed by atoms with Crippen molar-refractivity contribution in [2.45, 2.75) is 33.2 Å². The molecule has 1 aromatic carbocycles. The van der Waals surface area contributed by atoms with Crippen LogP contribution in [0, 0.1) is 0 Å². The number of carbonyl (C=O) groups is 2. The molecular formula is C16H21NO3. The highest BCUT2D eigenvalue weighted by molar-refractivity contribution is 5.95. The number of amides is 1. The van der Waals surface area contributed by atoms with Crippen molar-refractivity contribution in [3.05, 3.63) is 41.5 Å². The van der Waals surface area contributed by atoms with E-state index in [0.717, 1.165) is 12.5 Å². The van der Waals surface area contributed by atoms with Gasteiger partial charge >= 0.3 is 5.97 Å². The van der Waals surface area contributed by atoms with E-state index in [2.05, 4.69) is 0 Å². The molecule has 20 heavy (non-hydrogen) atoms. The van der Waals surface area contributed by atoms with Crippen LogP contribution < -0.4 is 0 Å². The van der Waals surface area contributed by atoms with Crippen LogP contribution in [0.25, 0.3) is 6.08 Å². The molecule has 0 aromatic heterocycles. The zero-order valence-corrected chi connectivity index (χ0v) is 12.2. The van der Waals surface area contributed by atoms with Crippen LogP contribution in [-0.2, 0) is 4.79 Å². The summed E-state index contributed by atoms with van der Waals surface area (Å²) in [5.74, 6) is -1.02. The molecule has 0 radical (unpaired) electrons. The monoisotopic (exact) mass is 275 g/mol. The van der Waals surface area contributed by atoms with Crippen molar-refractivity contribution in [3.8, 4) is 0 Å². The van der Waals surface area contributed by atoms with E-state index in [1.54, 1.807) is 24.3 Å². The Bertz CT molecular complexity index is 508. The maximum atomic E-state index is 12.5. The first-order chi connectivity index (χ1) is 9.49. The molecule has 0 spiro atoms. The summed E-state index contributed by atoms with van der Waals surface area (Å²) < 4.78 is 0. The van der Waals surface area contributed by atoms with Crippen molar-refractivity contribution in [3.63, 3.8) is 0 Å². The summed E-state index contributed by atoms with van der Waals surface area (Å²) in [6.07, 6.45) is 3.45. The largest absolute Gasteiger partial charge is 0.478 e. The highest BCUT2D eigenvalue weighted by atomic mass is 16.4. The molecule has 0 saturated carbocycles. The van der Waals surface area contributed by atoms with Crippen LogP contribution in [0.1, 0.15) is 43.1 Å². The van der Waals surface area contributed by atoms with Crippen LogP contribution in [0.4, 0.5) is 0 Å². The second kappa shape index (κ2) is 7.48.